The molecule has 0 aliphatic carbocycles. The highest BCUT2D eigenvalue weighted by molar-refractivity contribution is 6.31. The number of aromatic nitrogens is 4. The number of H-pyrrole nitrogens is 1. The molecule has 0 bridgehead atoms. The molecular formula is C16H12ClN5O. The minimum Gasteiger partial charge on any atom is -0.313 e. The highest BCUT2D eigenvalue weighted by Crippen LogP contribution is 2.23. The van der Waals surface area contributed by atoms with Crippen molar-refractivity contribution in [1.82, 2.24) is 19.7 Å². The highest BCUT2D eigenvalue weighted by atomic mass is 35.5. The second-order valence-corrected chi connectivity index (χ2v) is 5.64. The number of imidazole rings is 1. The van der Waals surface area contributed by atoms with Gasteiger partial charge in [-0.2, -0.15) is 5.10 Å². The van der Waals surface area contributed by atoms with E-state index >= 15 is 0 Å². The number of halogens is 1. The summed E-state index contributed by atoms with van der Waals surface area (Å²) in [4.78, 5) is 16.9. The Balaban J connectivity index is 1.73. The lowest BCUT2D eigenvalue weighted by Crippen LogP contribution is -2.15. The molecule has 4 aromatic rings. The van der Waals surface area contributed by atoms with Gasteiger partial charge in [0.05, 0.1) is 16.6 Å². The maximum atomic E-state index is 12.5. The third-order valence-electron chi connectivity index (χ3n) is 3.75. The van der Waals surface area contributed by atoms with Crippen molar-refractivity contribution in [2.45, 2.75) is 0 Å². The average Bonchev–Trinajstić information content (AvgIpc) is 3.09. The van der Waals surface area contributed by atoms with Crippen LogP contribution in [-0.4, -0.2) is 25.7 Å². The first-order chi connectivity index (χ1) is 11.1. The number of benzene rings is 2. The van der Waals surface area contributed by atoms with Crippen LogP contribution < -0.4 is 5.32 Å². The summed E-state index contributed by atoms with van der Waals surface area (Å²) in [6.07, 6.45) is 0. The molecule has 4 rings (SSSR count). The summed E-state index contributed by atoms with van der Waals surface area (Å²) in [5.74, 6) is 0.131. The topological polar surface area (TPSA) is 75.6 Å². The lowest BCUT2D eigenvalue weighted by molar-refractivity contribution is 0.102. The zero-order valence-electron chi connectivity index (χ0n) is 12.2. The molecule has 0 fully saturated rings. The van der Waals surface area contributed by atoms with Gasteiger partial charge >= 0.3 is 0 Å². The molecule has 1 amide bonds. The number of aromatic amines is 1. The van der Waals surface area contributed by atoms with E-state index in [0.717, 1.165) is 21.9 Å². The van der Waals surface area contributed by atoms with Gasteiger partial charge in [-0.3, -0.25) is 15.2 Å². The van der Waals surface area contributed by atoms with Crippen molar-refractivity contribution in [2.75, 3.05) is 5.32 Å². The van der Waals surface area contributed by atoms with Crippen LogP contribution in [0.15, 0.2) is 42.5 Å². The molecule has 0 saturated heterocycles. The SMILES string of the molecule is Cn1c(NC(=O)c2n[nH]c3ccccc23)nc2cc(Cl)ccc21. The van der Waals surface area contributed by atoms with Gasteiger partial charge in [0.2, 0.25) is 5.95 Å². The molecule has 0 spiro atoms. The van der Waals surface area contributed by atoms with Crippen LogP contribution in [0.4, 0.5) is 5.95 Å². The fourth-order valence-corrected chi connectivity index (χ4v) is 2.75. The van der Waals surface area contributed by atoms with E-state index in [4.69, 9.17) is 11.6 Å². The summed E-state index contributed by atoms with van der Waals surface area (Å²) in [5.41, 5.74) is 2.76. The molecule has 6 nitrogen and oxygen atoms in total. The number of carbonyl (C=O) groups excluding carboxylic acids is 1. The van der Waals surface area contributed by atoms with Gasteiger partial charge in [0.25, 0.3) is 5.91 Å². The van der Waals surface area contributed by atoms with Gasteiger partial charge < -0.3 is 4.57 Å². The van der Waals surface area contributed by atoms with E-state index in [1.807, 2.05) is 37.4 Å². The van der Waals surface area contributed by atoms with Gasteiger partial charge in [-0.15, -0.1) is 0 Å². The van der Waals surface area contributed by atoms with E-state index in [1.54, 1.807) is 16.7 Å². The molecular weight excluding hydrogens is 314 g/mol. The Bertz CT molecular complexity index is 1050. The molecule has 2 aromatic carbocycles. The van der Waals surface area contributed by atoms with Crippen LogP contribution in [0.25, 0.3) is 21.9 Å². The monoisotopic (exact) mass is 325 g/mol. The van der Waals surface area contributed by atoms with Gasteiger partial charge in [0.1, 0.15) is 0 Å². The van der Waals surface area contributed by atoms with Crippen molar-refractivity contribution in [1.29, 1.82) is 0 Å². The lowest BCUT2D eigenvalue weighted by Gasteiger charge is -2.03. The van der Waals surface area contributed by atoms with Crippen LogP contribution in [0.2, 0.25) is 5.02 Å². The Labute approximate surface area is 136 Å². The van der Waals surface area contributed by atoms with Crippen LogP contribution in [-0.2, 0) is 7.05 Å². The number of fused-ring (bicyclic) bond motifs is 2. The summed E-state index contributed by atoms with van der Waals surface area (Å²) in [7, 11) is 1.83. The third-order valence-corrected chi connectivity index (χ3v) is 3.99. The van der Waals surface area contributed by atoms with Gasteiger partial charge in [0, 0.05) is 17.5 Å². The predicted molar refractivity (Wildman–Crippen MR) is 89.8 cm³/mol. The number of aryl methyl sites for hydroxylation is 1. The first-order valence-electron chi connectivity index (χ1n) is 7.00. The predicted octanol–water partition coefficient (Wildman–Crippen LogP) is 3.36. The molecule has 2 aromatic heterocycles. The summed E-state index contributed by atoms with van der Waals surface area (Å²) in [6.45, 7) is 0. The summed E-state index contributed by atoms with van der Waals surface area (Å²) in [5, 5.41) is 11.1. The second kappa shape index (κ2) is 5.10. The maximum Gasteiger partial charge on any atom is 0.279 e. The number of nitrogens with one attached hydrogen (secondary N) is 2. The molecule has 0 aliphatic heterocycles. The smallest absolute Gasteiger partial charge is 0.279 e. The zero-order valence-corrected chi connectivity index (χ0v) is 12.9. The van der Waals surface area contributed by atoms with Gasteiger partial charge in [0.15, 0.2) is 5.69 Å². The first-order valence-corrected chi connectivity index (χ1v) is 7.38. The van der Waals surface area contributed by atoms with E-state index in [9.17, 15) is 4.79 Å². The van der Waals surface area contributed by atoms with Crippen molar-refractivity contribution < 1.29 is 4.79 Å². The largest absolute Gasteiger partial charge is 0.313 e. The number of carbonyl (C=O) groups is 1. The molecule has 0 atom stereocenters. The molecule has 23 heavy (non-hydrogen) atoms. The zero-order chi connectivity index (χ0) is 16.0. The number of rotatable bonds is 2. The van der Waals surface area contributed by atoms with E-state index < -0.39 is 0 Å². The molecule has 0 unspecified atom stereocenters. The molecule has 0 radical (unpaired) electrons. The maximum absolute atomic E-state index is 12.5. The van der Waals surface area contributed by atoms with Crippen LogP contribution in [0.1, 0.15) is 10.5 Å². The highest BCUT2D eigenvalue weighted by Gasteiger charge is 2.17. The van der Waals surface area contributed by atoms with Crippen LogP contribution in [0.3, 0.4) is 0 Å². The van der Waals surface area contributed by atoms with Crippen LogP contribution in [0, 0.1) is 0 Å². The molecule has 0 saturated carbocycles. The average molecular weight is 326 g/mol. The number of hydrogen-bond acceptors (Lipinski definition) is 3. The molecule has 2 heterocycles. The Morgan fingerprint density at radius 1 is 1.26 bits per heavy atom. The summed E-state index contributed by atoms with van der Waals surface area (Å²) < 4.78 is 1.80. The van der Waals surface area contributed by atoms with Crippen molar-refractivity contribution in [3.8, 4) is 0 Å². The molecule has 0 aliphatic rings. The number of nitrogens with zero attached hydrogens (tertiary/aromatic N) is 3. The molecule has 2 N–H and O–H groups in total. The van der Waals surface area contributed by atoms with E-state index in [1.165, 1.54) is 0 Å². The van der Waals surface area contributed by atoms with Gasteiger partial charge in [-0.05, 0) is 24.3 Å². The second-order valence-electron chi connectivity index (χ2n) is 5.20. The fraction of sp³-hybridized carbons (Fsp3) is 0.0625. The lowest BCUT2D eigenvalue weighted by atomic mass is 10.2. The molecule has 114 valence electrons. The number of para-hydroxylation sites is 1. The minimum absolute atomic E-state index is 0.313. The van der Waals surface area contributed by atoms with Crippen molar-refractivity contribution in [2.24, 2.45) is 7.05 Å². The van der Waals surface area contributed by atoms with Gasteiger partial charge in [-0.25, -0.2) is 4.98 Å². The van der Waals surface area contributed by atoms with E-state index in [2.05, 4.69) is 20.5 Å². The summed E-state index contributed by atoms with van der Waals surface area (Å²) >= 11 is 5.98. The first kappa shape index (κ1) is 13.8. The van der Waals surface area contributed by atoms with E-state index in [-0.39, 0.29) is 5.91 Å². The van der Waals surface area contributed by atoms with Crippen molar-refractivity contribution >= 4 is 45.4 Å². The van der Waals surface area contributed by atoms with E-state index in [0.29, 0.717) is 16.7 Å². The van der Waals surface area contributed by atoms with Crippen LogP contribution >= 0.6 is 11.6 Å². The molecule has 7 heteroatoms. The number of anilines is 1. The Hall–Kier alpha value is -2.86. The quantitative estimate of drug-likeness (QED) is 0.593. The van der Waals surface area contributed by atoms with Gasteiger partial charge in [-0.1, -0.05) is 29.8 Å². The standard InChI is InChI=1S/C16H12ClN5O/c1-22-13-7-6-9(17)8-12(13)18-16(22)19-15(23)14-10-4-2-3-5-11(10)20-21-14/h2-8H,1H3,(H,20,21)(H,18,19,23). The summed E-state index contributed by atoms with van der Waals surface area (Å²) in [6, 6.07) is 12.9. The number of hydrogen-bond donors (Lipinski definition) is 2. The van der Waals surface area contributed by atoms with Crippen LogP contribution in [0.5, 0.6) is 0 Å². The Morgan fingerprint density at radius 2 is 2.09 bits per heavy atom. The number of amides is 1. The van der Waals surface area contributed by atoms with Crippen molar-refractivity contribution in [3.63, 3.8) is 0 Å². The third kappa shape index (κ3) is 2.24. The Morgan fingerprint density at radius 3 is 2.96 bits per heavy atom. The Kier molecular flexibility index (Phi) is 3.06. The van der Waals surface area contributed by atoms with Crippen molar-refractivity contribution in [3.05, 3.63) is 53.2 Å². The normalized spacial score (nSPS) is 11.2. The minimum atomic E-state index is -0.313. The fourth-order valence-electron chi connectivity index (χ4n) is 2.58.